The number of unbranched alkanes of at least 4 members (excludes halogenated alkanes) is 6. The molecule has 7 nitrogen and oxygen atoms in total. The van der Waals surface area contributed by atoms with Crippen LogP contribution in [-0.2, 0) is 23.9 Å². The maximum atomic E-state index is 13.8. The lowest BCUT2D eigenvalue weighted by molar-refractivity contribution is -0.180. The largest absolute Gasteiger partial charge is 0.468 e. The standard InChI is InChI=1S/C29H50N2O5/c1-8-10-12-13-14-15-17-31-23-19-24(28(4,5)6)36-21(3)29(23,27(34)35-7)20-22(26(31)33)18-25(32)30-16-11-9-2/h19,21-22,24H,8-18,20H2,1-7H3,(H,30,32)/t21-,22+,24-,29+/m1/s1. The molecule has 1 fully saturated rings. The van der Waals surface area contributed by atoms with Gasteiger partial charge in [-0.15, -0.1) is 0 Å². The molecule has 0 unspecified atom stereocenters. The molecule has 0 aromatic carbocycles. The molecule has 206 valence electrons. The number of carbonyl (C=O) groups is 3. The molecule has 2 heterocycles. The van der Waals surface area contributed by atoms with Crippen molar-refractivity contribution < 1.29 is 23.9 Å². The number of carbonyl (C=O) groups excluding carboxylic acids is 3. The first-order valence-corrected chi connectivity index (χ1v) is 14.1. The topological polar surface area (TPSA) is 84.9 Å². The highest BCUT2D eigenvalue weighted by atomic mass is 16.5. The van der Waals surface area contributed by atoms with Crippen molar-refractivity contribution in [1.82, 2.24) is 10.2 Å². The van der Waals surface area contributed by atoms with Crippen LogP contribution in [0.25, 0.3) is 0 Å². The molecule has 0 aromatic rings. The molecular weight excluding hydrogens is 456 g/mol. The highest BCUT2D eigenvalue weighted by Crippen LogP contribution is 2.51. The van der Waals surface area contributed by atoms with E-state index in [1.807, 2.05) is 13.0 Å². The van der Waals surface area contributed by atoms with Crippen molar-refractivity contribution in [2.75, 3.05) is 20.2 Å². The van der Waals surface area contributed by atoms with Gasteiger partial charge in [0.15, 0.2) is 0 Å². The fourth-order valence-corrected chi connectivity index (χ4v) is 5.42. The number of nitrogens with zero attached hydrogens (tertiary/aromatic N) is 1. The summed E-state index contributed by atoms with van der Waals surface area (Å²) in [5.74, 6) is -1.21. The minimum atomic E-state index is -1.11. The molecule has 0 bridgehead atoms. The van der Waals surface area contributed by atoms with Crippen molar-refractivity contribution in [3.63, 3.8) is 0 Å². The number of methoxy groups -OCH3 is 1. The number of hydrogen-bond acceptors (Lipinski definition) is 5. The van der Waals surface area contributed by atoms with Gasteiger partial charge < -0.3 is 19.7 Å². The van der Waals surface area contributed by atoms with Crippen LogP contribution in [0.2, 0.25) is 0 Å². The van der Waals surface area contributed by atoms with Gasteiger partial charge in [-0.3, -0.25) is 14.4 Å². The highest BCUT2D eigenvalue weighted by Gasteiger charge is 2.60. The van der Waals surface area contributed by atoms with Crippen LogP contribution in [-0.4, -0.2) is 55.1 Å². The predicted octanol–water partition coefficient (Wildman–Crippen LogP) is 5.38. The fourth-order valence-electron chi connectivity index (χ4n) is 5.42. The quantitative estimate of drug-likeness (QED) is 0.268. The summed E-state index contributed by atoms with van der Waals surface area (Å²) in [5.41, 5.74) is -0.607. The first kappa shape index (κ1) is 30.3. The summed E-state index contributed by atoms with van der Waals surface area (Å²) in [4.78, 5) is 41.8. The van der Waals surface area contributed by atoms with Crippen LogP contribution < -0.4 is 5.32 Å². The molecule has 0 radical (unpaired) electrons. The van der Waals surface area contributed by atoms with Gasteiger partial charge in [-0.05, 0) is 37.7 Å². The number of esters is 1. The molecule has 2 aliphatic rings. The first-order chi connectivity index (χ1) is 17.0. The van der Waals surface area contributed by atoms with E-state index < -0.39 is 23.4 Å². The monoisotopic (exact) mass is 506 g/mol. The highest BCUT2D eigenvalue weighted by molar-refractivity contribution is 5.92. The first-order valence-electron chi connectivity index (χ1n) is 14.1. The zero-order valence-electron chi connectivity index (χ0n) is 23.8. The van der Waals surface area contributed by atoms with Crippen molar-refractivity contribution >= 4 is 17.8 Å². The molecular formula is C29H50N2O5. The lowest BCUT2D eigenvalue weighted by Crippen LogP contribution is -2.61. The fraction of sp³-hybridized carbons (Fsp3) is 0.828. The summed E-state index contributed by atoms with van der Waals surface area (Å²) in [6.45, 7) is 13.6. The third kappa shape index (κ3) is 7.11. The number of ether oxygens (including phenoxy) is 2. The SMILES string of the molecule is CCCCCCCCN1C(=O)[C@@H](CC(=O)NCCCC)C[C@@]2(C(=O)OC)C1=C[C@H](C(C)(C)C)O[C@@H]2C. The molecule has 2 amide bonds. The van der Waals surface area contributed by atoms with Gasteiger partial charge in [0, 0.05) is 31.1 Å². The van der Waals surface area contributed by atoms with Crippen molar-refractivity contribution in [2.24, 2.45) is 16.7 Å². The maximum Gasteiger partial charge on any atom is 0.320 e. The summed E-state index contributed by atoms with van der Waals surface area (Å²) in [5, 5.41) is 2.93. The van der Waals surface area contributed by atoms with Gasteiger partial charge in [0.05, 0.1) is 19.3 Å². The van der Waals surface area contributed by atoms with Crippen LogP contribution in [0.1, 0.15) is 106 Å². The molecule has 0 aromatic heterocycles. The van der Waals surface area contributed by atoms with Crippen LogP contribution in [0, 0.1) is 16.7 Å². The van der Waals surface area contributed by atoms with Crippen LogP contribution >= 0.6 is 0 Å². The minimum absolute atomic E-state index is 0.0665. The van der Waals surface area contributed by atoms with Gasteiger partial charge in [0.1, 0.15) is 5.41 Å². The Morgan fingerprint density at radius 2 is 1.75 bits per heavy atom. The Balaban J connectivity index is 2.41. The third-order valence-electron chi connectivity index (χ3n) is 7.71. The van der Waals surface area contributed by atoms with E-state index in [9.17, 15) is 14.4 Å². The second-order valence-corrected chi connectivity index (χ2v) is 11.6. The van der Waals surface area contributed by atoms with E-state index in [-0.39, 0.29) is 36.2 Å². The van der Waals surface area contributed by atoms with E-state index in [1.165, 1.54) is 26.4 Å². The van der Waals surface area contributed by atoms with Crippen molar-refractivity contribution in [3.8, 4) is 0 Å². The second kappa shape index (κ2) is 13.6. The number of nitrogens with one attached hydrogen (secondary N) is 1. The predicted molar refractivity (Wildman–Crippen MR) is 142 cm³/mol. The Bertz CT molecular complexity index is 787. The van der Waals surface area contributed by atoms with Crippen molar-refractivity contribution in [3.05, 3.63) is 11.8 Å². The molecule has 0 saturated carbocycles. The summed E-state index contributed by atoms with van der Waals surface area (Å²) >= 11 is 0. The van der Waals surface area contributed by atoms with Gasteiger partial charge >= 0.3 is 5.97 Å². The van der Waals surface area contributed by atoms with E-state index in [0.29, 0.717) is 18.8 Å². The molecule has 0 aliphatic carbocycles. The van der Waals surface area contributed by atoms with Gasteiger partial charge in [-0.1, -0.05) is 73.1 Å². The molecule has 7 heteroatoms. The zero-order chi connectivity index (χ0) is 26.9. The number of hydrogen-bond donors (Lipinski definition) is 1. The lowest BCUT2D eigenvalue weighted by Gasteiger charge is -2.53. The minimum Gasteiger partial charge on any atom is -0.468 e. The third-order valence-corrected chi connectivity index (χ3v) is 7.71. The van der Waals surface area contributed by atoms with Crippen LogP contribution in [0.15, 0.2) is 11.8 Å². The summed E-state index contributed by atoms with van der Waals surface area (Å²) in [6.07, 6.45) is 10.0. The normalized spacial score (nSPS) is 26.3. The van der Waals surface area contributed by atoms with E-state index >= 15 is 0 Å². The maximum absolute atomic E-state index is 13.8. The molecule has 1 saturated heterocycles. The second-order valence-electron chi connectivity index (χ2n) is 11.6. The zero-order valence-corrected chi connectivity index (χ0v) is 23.8. The van der Waals surface area contributed by atoms with E-state index in [4.69, 9.17) is 9.47 Å². The average molecular weight is 507 g/mol. The number of rotatable bonds is 13. The van der Waals surface area contributed by atoms with Gasteiger partial charge in [0.2, 0.25) is 11.8 Å². The number of amides is 2. The molecule has 36 heavy (non-hydrogen) atoms. The van der Waals surface area contributed by atoms with Gasteiger partial charge in [0.25, 0.3) is 0 Å². The average Bonchev–Trinajstić information content (AvgIpc) is 2.82. The number of piperidine rings is 1. The van der Waals surface area contributed by atoms with Crippen LogP contribution in [0.4, 0.5) is 0 Å². The Labute approximate surface area is 218 Å². The van der Waals surface area contributed by atoms with Crippen molar-refractivity contribution in [2.45, 2.75) is 118 Å². The van der Waals surface area contributed by atoms with Gasteiger partial charge in [-0.2, -0.15) is 0 Å². The Morgan fingerprint density at radius 1 is 1.11 bits per heavy atom. The van der Waals surface area contributed by atoms with E-state index in [2.05, 4.69) is 39.9 Å². The molecule has 2 aliphatic heterocycles. The number of fused-ring (bicyclic) bond motifs is 1. The summed E-state index contributed by atoms with van der Waals surface area (Å²) in [7, 11) is 1.39. The molecule has 0 spiro atoms. The Morgan fingerprint density at radius 3 is 2.36 bits per heavy atom. The van der Waals surface area contributed by atoms with Gasteiger partial charge in [-0.25, -0.2) is 0 Å². The lowest BCUT2D eigenvalue weighted by atomic mass is 9.65. The smallest absolute Gasteiger partial charge is 0.320 e. The summed E-state index contributed by atoms with van der Waals surface area (Å²) < 4.78 is 11.7. The van der Waals surface area contributed by atoms with Crippen LogP contribution in [0.3, 0.4) is 0 Å². The number of likely N-dealkylation sites (tertiary alicyclic amines) is 1. The van der Waals surface area contributed by atoms with Crippen molar-refractivity contribution in [1.29, 1.82) is 0 Å². The van der Waals surface area contributed by atoms with Crippen LogP contribution in [0.5, 0.6) is 0 Å². The summed E-state index contributed by atoms with van der Waals surface area (Å²) in [6, 6.07) is 0. The molecule has 4 atom stereocenters. The molecule has 2 rings (SSSR count). The Hall–Kier alpha value is -1.89. The molecule has 1 N–H and O–H groups in total. The van der Waals surface area contributed by atoms with E-state index in [1.54, 1.807) is 4.90 Å². The Kier molecular flexibility index (Phi) is 11.5. The van der Waals surface area contributed by atoms with E-state index in [0.717, 1.165) is 32.1 Å².